The van der Waals surface area contributed by atoms with Crippen LogP contribution in [-0.2, 0) is 6.54 Å². The minimum Gasteiger partial charge on any atom is -0.496 e. The van der Waals surface area contributed by atoms with Gasteiger partial charge in [-0.2, -0.15) is 0 Å². The van der Waals surface area contributed by atoms with Gasteiger partial charge in [0.05, 0.1) is 7.11 Å². The first-order chi connectivity index (χ1) is 9.60. The number of methoxy groups -OCH3 is 1. The normalized spacial score (nSPS) is 10.2. The molecule has 0 aliphatic rings. The average molecular weight is 270 g/mol. The van der Waals surface area contributed by atoms with E-state index in [1.165, 1.54) is 16.8 Å². The summed E-state index contributed by atoms with van der Waals surface area (Å²) in [5, 5.41) is 3.43. The van der Waals surface area contributed by atoms with E-state index in [0.29, 0.717) is 0 Å². The first-order valence-corrected chi connectivity index (χ1v) is 6.75. The Morgan fingerprint density at radius 3 is 2.35 bits per heavy atom. The second-order valence-corrected chi connectivity index (χ2v) is 5.11. The molecule has 0 aliphatic carbocycles. The number of anilines is 2. The first kappa shape index (κ1) is 14.3. The Bertz CT molecular complexity index is 562. The van der Waals surface area contributed by atoms with Crippen LogP contribution in [-0.4, -0.2) is 21.2 Å². The molecule has 3 nitrogen and oxygen atoms in total. The van der Waals surface area contributed by atoms with Crippen molar-refractivity contribution in [3.8, 4) is 5.75 Å². The van der Waals surface area contributed by atoms with Gasteiger partial charge in [-0.25, -0.2) is 0 Å². The molecular formula is C17H22N2O. The van der Waals surface area contributed by atoms with Crippen molar-refractivity contribution in [3.05, 3.63) is 53.6 Å². The Hall–Kier alpha value is -2.16. The third-order valence-corrected chi connectivity index (χ3v) is 3.30. The van der Waals surface area contributed by atoms with Crippen molar-refractivity contribution in [3.63, 3.8) is 0 Å². The van der Waals surface area contributed by atoms with Crippen molar-refractivity contribution in [1.29, 1.82) is 0 Å². The Morgan fingerprint density at radius 1 is 1.05 bits per heavy atom. The van der Waals surface area contributed by atoms with Gasteiger partial charge in [-0.1, -0.05) is 17.7 Å². The zero-order valence-electron chi connectivity index (χ0n) is 12.6. The third kappa shape index (κ3) is 3.44. The van der Waals surface area contributed by atoms with E-state index in [1.807, 2.05) is 20.2 Å². The summed E-state index contributed by atoms with van der Waals surface area (Å²) in [6, 6.07) is 14.6. The van der Waals surface area contributed by atoms with Gasteiger partial charge >= 0.3 is 0 Å². The number of benzene rings is 2. The SMILES string of the molecule is COc1ccc(C)cc1CNc1ccc(N(C)C)cc1. The summed E-state index contributed by atoms with van der Waals surface area (Å²) in [5.41, 5.74) is 4.72. The van der Waals surface area contributed by atoms with Crippen molar-refractivity contribution in [2.45, 2.75) is 13.5 Å². The fourth-order valence-corrected chi connectivity index (χ4v) is 2.12. The van der Waals surface area contributed by atoms with Gasteiger partial charge in [0, 0.05) is 37.6 Å². The molecule has 0 unspecified atom stereocenters. The van der Waals surface area contributed by atoms with E-state index in [9.17, 15) is 0 Å². The second-order valence-electron chi connectivity index (χ2n) is 5.11. The molecule has 2 aromatic carbocycles. The van der Waals surface area contributed by atoms with E-state index in [0.717, 1.165) is 18.0 Å². The number of ether oxygens (including phenoxy) is 1. The molecule has 0 amide bonds. The van der Waals surface area contributed by atoms with Crippen molar-refractivity contribution in [1.82, 2.24) is 0 Å². The number of aryl methyl sites for hydroxylation is 1. The third-order valence-electron chi connectivity index (χ3n) is 3.30. The van der Waals surface area contributed by atoms with Gasteiger partial charge in [-0.05, 0) is 37.3 Å². The lowest BCUT2D eigenvalue weighted by Crippen LogP contribution is -2.08. The number of nitrogens with one attached hydrogen (secondary N) is 1. The summed E-state index contributed by atoms with van der Waals surface area (Å²) < 4.78 is 5.39. The monoisotopic (exact) mass is 270 g/mol. The van der Waals surface area contributed by atoms with Crippen LogP contribution in [0, 0.1) is 6.92 Å². The quantitative estimate of drug-likeness (QED) is 0.897. The largest absolute Gasteiger partial charge is 0.496 e. The molecule has 0 saturated carbocycles. The van der Waals surface area contributed by atoms with Crippen LogP contribution >= 0.6 is 0 Å². The predicted octanol–water partition coefficient (Wildman–Crippen LogP) is 3.68. The highest BCUT2D eigenvalue weighted by Gasteiger charge is 2.03. The van der Waals surface area contributed by atoms with Gasteiger partial charge in [0.2, 0.25) is 0 Å². The van der Waals surface area contributed by atoms with Crippen molar-refractivity contribution < 1.29 is 4.74 Å². The Morgan fingerprint density at radius 2 is 1.75 bits per heavy atom. The molecule has 0 saturated heterocycles. The smallest absolute Gasteiger partial charge is 0.123 e. The van der Waals surface area contributed by atoms with Crippen LogP contribution in [0.1, 0.15) is 11.1 Å². The van der Waals surface area contributed by atoms with Crippen LogP contribution in [0.3, 0.4) is 0 Å². The summed E-state index contributed by atoms with van der Waals surface area (Å²) >= 11 is 0. The van der Waals surface area contributed by atoms with Gasteiger partial charge in [-0.15, -0.1) is 0 Å². The summed E-state index contributed by atoms with van der Waals surface area (Å²) in [6.45, 7) is 2.85. The Labute approximate surface area is 121 Å². The molecule has 3 heteroatoms. The van der Waals surface area contributed by atoms with Gasteiger partial charge in [0.15, 0.2) is 0 Å². The fourth-order valence-electron chi connectivity index (χ4n) is 2.12. The van der Waals surface area contributed by atoms with Gasteiger partial charge in [-0.3, -0.25) is 0 Å². The summed E-state index contributed by atoms with van der Waals surface area (Å²) in [7, 11) is 5.79. The molecule has 0 atom stereocenters. The molecule has 0 bridgehead atoms. The molecule has 0 fully saturated rings. The highest BCUT2D eigenvalue weighted by atomic mass is 16.5. The van der Waals surface area contributed by atoms with Crippen LogP contribution < -0.4 is 15.0 Å². The molecular weight excluding hydrogens is 248 g/mol. The van der Waals surface area contributed by atoms with E-state index in [1.54, 1.807) is 7.11 Å². The molecule has 0 radical (unpaired) electrons. The van der Waals surface area contributed by atoms with Crippen LogP contribution in [0.25, 0.3) is 0 Å². The molecule has 0 aliphatic heterocycles. The maximum Gasteiger partial charge on any atom is 0.123 e. The zero-order chi connectivity index (χ0) is 14.5. The molecule has 20 heavy (non-hydrogen) atoms. The van der Waals surface area contributed by atoms with Gasteiger partial charge in [0.1, 0.15) is 5.75 Å². The van der Waals surface area contributed by atoms with Gasteiger partial charge < -0.3 is 15.0 Å². The maximum absolute atomic E-state index is 5.39. The molecule has 1 N–H and O–H groups in total. The molecule has 2 rings (SSSR count). The fraction of sp³-hybridized carbons (Fsp3) is 0.294. The average Bonchev–Trinajstić information content (AvgIpc) is 2.45. The number of nitrogens with zero attached hydrogens (tertiary/aromatic N) is 1. The molecule has 106 valence electrons. The Balaban J connectivity index is 2.06. The lowest BCUT2D eigenvalue weighted by atomic mass is 10.1. The number of hydrogen-bond acceptors (Lipinski definition) is 3. The van der Waals surface area contributed by atoms with E-state index < -0.39 is 0 Å². The minimum atomic E-state index is 0.756. The highest BCUT2D eigenvalue weighted by molar-refractivity contribution is 5.55. The Kier molecular flexibility index (Phi) is 4.51. The highest BCUT2D eigenvalue weighted by Crippen LogP contribution is 2.22. The first-order valence-electron chi connectivity index (χ1n) is 6.75. The maximum atomic E-state index is 5.39. The molecule has 0 spiro atoms. The van der Waals surface area contributed by atoms with Crippen molar-refractivity contribution in [2.75, 3.05) is 31.4 Å². The van der Waals surface area contributed by atoms with E-state index in [2.05, 4.69) is 53.5 Å². The van der Waals surface area contributed by atoms with Crippen molar-refractivity contribution >= 4 is 11.4 Å². The topological polar surface area (TPSA) is 24.5 Å². The molecule has 0 aromatic heterocycles. The lowest BCUT2D eigenvalue weighted by Gasteiger charge is -2.14. The minimum absolute atomic E-state index is 0.756. The van der Waals surface area contributed by atoms with Crippen LogP contribution in [0.2, 0.25) is 0 Å². The van der Waals surface area contributed by atoms with E-state index in [4.69, 9.17) is 4.74 Å². The summed E-state index contributed by atoms with van der Waals surface area (Å²) in [4.78, 5) is 2.09. The summed E-state index contributed by atoms with van der Waals surface area (Å²) in [5.74, 6) is 0.924. The van der Waals surface area contributed by atoms with E-state index >= 15 is 0 Å². The van der Waals surface area contributed by atoms with E-state index in [-0.39, 0.29) is 0 Å². The number of hydrogen-bond donors (Lipinski definition) is 1. The van der Waals surface area contributed by atoms with Crippen LogP contribution in [0.4, 0.5) is 11.4 Å². The standard InChI is InChI=1S/C17H22N2O/c1-13-5-10-17(20-4)14(11-13)12-18-15-6-8-16(9-7-15)19(2)3/h5-11,18H,12H2,1-4H3. The van der Waals surface area contributed by atoms with Crippen LogP contribution in [0.5, 0.6) is 5.75 Å². The lowest BCUT2D eigenvalue weighted by molar-refractivity contribution is 0.410. The van der Waals surface area contributed by atoms with Crippen molar-refractivity contribution in [2.24, 2.45) is 0 Å². The zero-order valence-corrected chi connectivity index (χ0v) is 12.6. The molecule has 0 heterocycles. The number of rotatable bonds is 5. The van der Waals surface area contributed by atoms with Gasteiger partial charge in [0.25, 0.3) is 0 Å². The second kappa shape index (κ2) is 6.33. The summed E-state index contributed by atoms with van der Waals surface area (Å²) in [6.07, 6.45) is 0. The van der Waals surface area contributed by atoms with Crippen LogP contribution in [0.15, 0.2) is 42.5 Å². The molecule has 2 aromatic rings. The predicted molar refractivity (Wildman–Crippen MR) is 85.8 cm³/mol.